The Labute approximate surface area is 366 Å². The zero-order valence-corrected chi connectivity index (χ0v) is 38.3. The smallest absolute Gasteiger partial charge is 0.405 e. The summed E-state index contributed by atoms with van der Waals surface area (Å²) in [5.74, 6) is -1.14. The van der Waals surface area contributed by atoms with E-state index in [4.69, 9.17) is 14.5 Å². The van der Waals surface area contributed by atoms with E-state index in [-0.39, 0.29) is 25.5 Å². The molecule has 17 heteroatoms. The molecular formula is C45H67N7O9S. The first-order valence-electron chi connectivity index (χ1n) is 22.3. The molecule has 62 heavy (non-hydrogen) atoms. The summed E-state index contributed by atoms with van der Waals surface area (Å²) in [6, 6.07) is -0.666. The van der Waals surface area contributed by atoms with Crippen LogP contribution in [0.4, 0.5) is 4.79 Å². The van der Waals surface area contributed by atoms with Crippen molar-refractivity contribution >= 4 is 44.7 Å². The van der Waals surface area contributed by atoms with Crippen LogP contribution in [0.1, 0.15) is 118 Å². The average Bonchev–Trinajstić information content (AvgIpc) is 4.11. The Kier molecular flexibility index (Phi) is 14.2. The second kappa shape index (κ2) is 18.7. The first-order valence-corrected chi connectivity index (χ1v) is 23.8. The molecule has 2 aliphatic heterocycles. The molecule has 0 aromatic carbocycles. The number of hydrogen-bond donors (Lipinski definition) is 4. The highest BCUT2D eigenvalue weighted by atomic mass is 32.2. The number of unbranched alkanes of at least 4 members (excludes halogenated alkanes) is 2. The van der Waals surface area contributed by atoms with Crippen molar-refractivity contribution in [2.24, 2.45) is 17.3 Å². The molecule has 2 aromatic rings. The molecule has 4 N–H and O–H groups in total. The van der Waals surface area contributed by atoms with Crippen molar-refractivity contribution in [3.05, 3.63) is 36.7 Å². The molecule has 16 nitrogen and oxygen atoms in total. The van der Waals surface area contributed by atoms with Gasteiger partial charge in [-0.05, 0) is 76.3 Å². The van der Waals surface area contributed by atoms with Gasteiger partial charge in [-0.2, -0.15) is 0 Å². The fraction of sp³-hybridized carbons (Fsp3) is 0.689. The number of pyridine rings is 2. The lowest BCUT2D eigenvalue weighted by molar-refractivity contribution is -0.142. The average molecular weight is 882 g/mol. The number of amides is 4. The summed E-state index contributed by atoms with van der Waals surface area (Å²) in [4.78, 5) is 67.9. The Bertz CT molecular complexity index is 2110. The Balaban J connectivity index is 1.34. The van der Waals surface area contributed by atoms with Crippen molar-refractivity contribution in [3.63, 3.8) is 0 Å². The quantitative estimate of drug-likeness (QED) is 0.104. The normalized spacial score (nSPS) is 24.8. The van der Waals surface area contributed by atoms with E-state index in [1.165, 1.54) is 11.0 Å². The van der Waals surface area contributed by atoms with Gasteiger partial charge in [-0.25, -0.2) is 18.2 Å². The molecule has 6 atom stereocenters. The molecule has 0 radical (unpaired) electrons. The number of ether oxygens (including phenoxy) is 2. The van der Waals surface area contributed by atoms with Crippen molar-refractivity contribution in [2.75, 3.05) is 26.7 Å². The number of likely N-dealkylation sites (tertiary alicyclic amines) is 2. The van der Waals surface area contributed by atoms with Crippen LogP contribution in [0.2, 0.25) is 0 Å². The molecule has 342 valence electrons. The maximum Gasteiger partial charge on any atom is 0.405 e. The minimum atomic E-state index is -4.03. The zero-order valence-electron chi connectivity index (χ0n) is 37.5. The lowest BCUT2D eigenvalue weighted by Gasteiger charge is -2.35. The minimum Gasteiger partial charge on any atom is -0.489 e. The van der Waals surface area contributed by atoms with Crippen LogP contribution >= 0.6 is 0 Å². The highest BCUT2D eigenvalue weighted by molar-refractivity contribution is 7.91. The third-order valence-corrected chi connectivity index (χ3v) is 15.6. The third-order valence-electron chi connectivity index (χ3n) is 13.5. The van der Waals surface area contributed by atoms with Gasteiger partial charge in [0.15, 0.2) is 0 Å². The summed E-state index contributed by atoms with van der Waals surface area (Å²) in [5, 5.41) is 15.7. The van der Waals surface area contributed by atoms with Crippen molar-refractivity contribution in [3.8, 4) is 11.6 Å². The van der Waals surface area contributed by atoms with E-state index in [2.05, 4.69) is 52.7 Å². The van der Waals surface area contributed by atoms with Crippen LogP contribution in [0, 0.1) is 17.3 Å². The predicted molar refractivity (Wildman–Crippen MR) is 235 cm³/mol. The number of carbonyl (C=O) groups excluding carboxylic acids is 3. The number of carbonyl (C=O) groups is 4. The standard InChI is InChI=1S/C45H67N7O9S/c1-9-28(3)14-12-11-13-15-32-36(60-30-17-22-51(8)23-18-30)33-26-46-21-16-34(33)47-39(32)61-31-24-35(52(27-31)40(54)37(43(4,5)6)48-42(56)57)38(53)49-45(25-29(45)10-2)41(55)50-62(58,59)44(7)19-20-44/h10,16,21,26,28-31,35,37,48H,2,9,11-15,17-20,22-25,27H2,1,3-8H3,(H,49,53)(H,50,55)(H,56,57)/t28-,29-,31-,35+,37-,45-/m1/s1. The molecule has 4 amide bonds. The van der Waals surface area contributed by atoms with E-state index < -0.39 is 73.6 Å². The molecule has 4 fully saturated rings. The maximum atomic E-state index is 14.6. The van der Waals surface area contributed by atoms with Gasteiger partial charge in [-0.15, -0.1) is 6.58 Å². The Morgan fingerprint density at radius 2 is 1.81 bits per heavy atom. The predicted octanol–water partition coefficient (Wildman–Crippen LogP) is 5.34. The van der Waals surface area contributed by atoms with Crippen LogP contribution in [0.3, 0.4) is 0 Å². The maximum absolute atomic E-state index is 14.6. The van der Waals surface area contributed by atoms with E-state index in [0.717, 1.165) is 69.0 Å². The molecular weight excluding hydrogens is 815 g/mol. The lowest BCUT2D eigenvalue weighted by atomic mass is 9.85. The Morgan fingerprint density at radius 3 is 2.42 bits per heavy atom. The summed E-state index contributed by atoms with van der Waals surface area (Å²) < 4.78 is 41.1. The summed E-state index contributed by atoms with van der Waals surface area (Å²) in [5.41, 5.74) is -1.11. The second-order valence-corrected chi connectivity index (χ2v) is 21.7. The van der Waals surface area contributed by atoms with E-state index >= 15 is 0 Å². The van der Waals surface area contributed by atoms with E-state index in [1.54, 1.807) is 46.2 Å². The fourth-order valence-electron chi connectivity index (χ4n) is 8.58. The molecule has 2 aliphatic carbocycles. The van der Waals surface area contributed by atoms with Gasteiger partial charge in [-0.3, -0.25) is 24.1 Å². The van der Waals surface area contributed by atoms with Gasteiger partial charge in [0, 0.05) is 37.8 Å². The van der Waals surface area contributed by atoms with Crippen LogP contribution in [0.15, 0.2) is 31.1 Å². The molecule has 0 bridgehead atoms. The van der Waals surface area contributed by atoms with Gasteiger partial charge in [0.2, 0.25) is 27.7 Å². The minimum absolute atomic E-state index is 0.0239. The zero-order chi connectivity index (χ0) is 45.2. The van der Waals surface area contributed by atoms with Crippen LogP contribution in [-0.4, -0.2) is 118 Å². The van der Waals surface area contributed by atoms with Gasteiger partial charge in [0.05, 0.1) is 27.8 Å². The number of aromatic nitrogens is 2. The SMILES string of the molecule is C=C[C@@H]1C[C@]1(NC(=O)[C@@H]1C[C@@H](Oc2nc3ccncc3c(OC3CCN(C)CC3)c2CCCCC[C@H](C)CC)CN1C(=O)[C@@H](NC(=O)O)C(C)(C)C)C(=O)NS(=O)(=O)C1(C)CC1. The molecule has 2 saturated heterocycles. The number of nitrogens with one attached hydrogen (secondary N) is 3. The van der Waals surface area contributed by atoms with Gasteiger partial charge in [0.1, 0.15) is 35.6 Å². The Hall–Kier alpha value is -4.51. The number of hydrogen-bond acceptors (Lipinski definition) is 11. The number of carboxylic acid groups (broad SMARTS) is 1. The number of fused-ring (bicyclic) bond motifs is 1. The largest absolute Gasteiger partial charge is 0.489 e. The molecule has 4 heterocycles. The van der Waals surface area contributed by atoms with Crippen molar-refractivity contribution in [2.45, 2.75) is 153 Å². The van der Waals surface area contributed by atoms with Gasteiger partial charge in [-0.1, -0.05) is 66.4 Å². The summed E-state index contributed by atoms with van der Waals surface area (Å²) in [6.07, 6.45) is 11.1. The van der Waals surface area contributed by atoms with Crippen molar-refractivity contribution in [1.29, 1.82) is 0 Å². The number of nitrogens with zero attached hydrogens (tertiary/aromatic N) is 4. The summed E-state index contributed by atoms with van der Waals surface area (Å²) in [6.45, 7) is 16.7. The molecule has 4 aliphatic rings. The Morgan fingerprint density at radius 1 is 1.10 bits per heavy atom. The highest BCUT2D eigenvalue weighted by Crippen LogP contribution is 2.47. The highest BCUT2D eigenvalue weighted by Gasteiger charge is 2.63. The molecule has 2 aromatic heterocycles. The lowest BCUT2D eigenvalue weighted by Crippen LogP contribution is -2.60. The van der Waals surface area contributed by atoms with Crippen LogP contribution in [0.25, 0.3) is 10.9 Å². The monoisotopic (exact) mass is 881 g/mol. The topological polar surface area (TPSA) is 209 Å². The van der Waals surface area contributed by atoms with Gasteiger partial charge < -0.3 is 35.0 Å². The van der Waals surface area contributed by atoms with Gasteiger partial charge in [0.25, 0.3) is 5.91 Å². The van der Waals surface area contributed by atoms with E-state index in [0.29, 0.717) is 42.3 Å². The van der Waals surface area contributed by atoms with E-state index in [9.17, 15) is 32.7 Å². The van der Waals surface area contributed by atoms with Crippen molar-refractivity contribution < 1.29 is 42.2 Å². The molecule has 2 saturated carbocycles. The van der Waals surface area contributed by atoms with E-state index in [1.807, 2.05) is 0 Å². The van der Waals surface area contributed by atoms with Crippen LogP contribution < -0.4 is 24.8 Å². The van der Waals surface area contributed by atoms with Crippen molar-refractivity contribution in [1.82, 2.24) is 35.1 Å². The van der Waals surface area contributed by atoms with Gasteiger partial charge >= 0.3 is 6.09 Å². The molecule has 6 rings (SSSR count). The van der Waals surface area contributed by atoms with Crippen LogP contribution in [0.5, 0.6) is 11.6 Å². The number of piperidine rings is 1. The first-order chi connectivity index (χ1) is 29.2. The molecule has 0 unspecified atom stereocenters. The first kappa shape index (κ1) is 47.0. The second-order valence-electron chi connectivity index (χ2n) is 19.5. The third kappa shape index (κ3) is 10.5. The number of sulfonamides is 1. The summed E-state index contributed by atoms with van der Waals surface area (Å²) in [7, 11) is -1.93. The number of rotatable bonds is 19. The molecule has 0 spiro atoms. The van der Waals surface area contributed by atoms with Crippen LogP contribution in [-0.2, 0) is 30.8 Å². The summed E-state index contributed by atoms with van der Waals surface area (Å²) >= 11 is 0. The fourth-order valence-corrected chi connectivity index (χ4v) is 9.89.